The molecule has 0 saturated heterocycles. The highest BCUT2D eigenvalue weighted by Gasteiger charge is 2.69. The second kappa shape index (κ2) is 6.83. The van der Waals surface area contributed by atoms with E-state index in [0.717, 1.165) is 11.1 Å². The van der Waals surface area contributed by atoms with Crippen LogP contribution in [0, 0.1) is 23.7 Å². The SMILES string of the molecule is Cc1ccc(C(=O)NC23CC(C#N)(C2)C3)c(NS(=O)(=O)c2ccc(C(C)(C)C)cc2)c1. The van der Waals surface area contributed by atoms with Gasteiger partial charge < -0.3 is 5.32 Å². The van der Waals surface area contributed by atoms with E-state index in [-0.39, 0.29) is 38.4 Å². The lowest BCUT2D eigenvalue weighted by Crippen LogP contribution is -2.74. The van der Waals surface area contributed by atoms with Crippen LogP contribution in [0.5, 0.6) is 0 Å². The number of nitriles is 1. The predicted molar refractivity (Wildman–Crippen MR) is 119 cm³/mol. The molecule has 2 aromatic rings. The van der Waals surface area contributed by atoms with Crippen LogP contribution in [0.4, 0.5) is 5.69 Å². The zero-order valence-electron chi connectivity index (χ0n) is 18.2. The molecule has 3 saturated carbocycles. The number of benzene rings is 2. The summed E-state index contributed by atoms with van der Waals surface area (Å²) in [5, 5.41) is 12.2. The van der Waals surface area contributed by atoms with Gasteiger partial charge in [-0.15, -0.1) is 0 Å². The maximum atomic E-state index is 13.0. The first-order valence-corrected chi connectivity index (χ1v) is 11.8. The molecule has 6 nitrogen and oxygen atoms in total. The van der Waals surface area contributed by atoms with Crippen molar-refractivity contribution in [2.24, 2.45) is 5.41 Å². The summed E-state index contributed by atoms with van der Waals surface area (Å²) in [6.45, 7) is 8.04. The zero-order chi connectivity index (χ0) is 22.7. The number of amides is 1. The Morgan fingerprint density at radius 3 is 2.23 bits per heavy atom. The highest BCUT2D eigenvalue weighted by atomic mass is 32.2. The topological polar surface area (TPSA) is 99.1 Å². The van der Waals surface area contributed by atoms with E-state index in [1.165, 1.54) is 0 Å². The molecule has 7 heteroatoms. The lowest BCUT2D eigenvalue weighted by Gasteiger charge is -2.66. The maximum Gasteiger partial charge on any atom is 0.261 e. The Hall–Kier alpha value is -2.85. The first kappa shape index (κ1) is 21.4. The molecule has 0 aliphatic heterocycles. The van der Waals surface area contributed by atoms with Gasteiger partial charge in [0.05, 0.1) is 27.6 Å². The second-order valence-electron chi connectivity index (χ2n) is 10.1. The minimum Gasteiger partial charge on any atom is -0.346 e. The highest BCUT2D eigenvalue weighted by molar-refractivity contribution is 7.92. The number of anilines is 1. The van der Waals surface area contributed by atoms with E-state index < -0.39 is 10.0 Å². The van der Waals surface area contributed by atoms with E-state index in [4.69, 9.17) is 0 Å². The Labute approximate surface area is 183 Å². The molecule has 0 unspecified atom stereocenters. The van der Waals surface area contributed by atoms with Crippen LogP contribution in [0.2, 0.25) is 0 Å². The summed E-state index contributed by atoms with van der Waals surface area (Å²) in [5.41, 5.74) is 1.72. The minimum atomic E-state index is -3.86. The lowest BCUT2D eigenvalue weighted by molar-refractivity contribution is -0.102. The molecule has 2 aromatic carbocycles. The summed E-state index contributed by atoms with van der Waals surface area (Å²) < 4.78 is 28.6. The molecule has 2 N–H and O–H groups in total. The van der Waals surface area contributed by atoms with Crippen LogP contribution in [-0.4, -0.2) is 19.9 Å². The number of rotatable bonds is 5. The maximum absolute atomic E-state index is 13.0. The van der Waals surface area contributed by atoms with E-state index >= 15 is 0 Å². The first-order valence-electron chi connectivity index (χ1n) is 10.4. The standard InChI is InChI=1S/C24H27N3O3S/c1-16-5-10-19(21(28)26-24-12-23(13-24,14-24)15-25)20(11-16)27-31(29,30)18-8-6-17(7-9-18)22(2,3)4/h5-11,27H,12-14H2,1-4H3,(H,26,28). The largest absolute Gasteiger partial charge is 0.346 e. The summed E-state index contributed by atoms with van der Waals surface area (Å²) in [6, 6.07) is 14.2. The van der Waals surface area contributed by atoms with Gasteiger partial charge in [-0.25, -0.2) is 8.42 Å². The third-order valence-corrected chi connectivity index (χ3v) is 7.72. The summed E-state index contributed by atoms with van der Waals surface area (Å²) >= 11 is 0. The third kappa shape index (κ3) is 3.81. The summed E-state index contributed by atoms with van der Waals surface area (Å²) in [7, 11) is -3.86. The fourth-order valence-corrected chi connectivity index (χ4v) is 5.70. The van der Waals surface area contributed by atoms with Crippen LogP contribution in [0.15, 0.2) is 47.4 Å². The number of aryl methyl sites for hydroxylation is 1. The van der Waals surface area contributed by atoms with E-state index in [1.54, 1.807) is 30.3 Å². The Balaban J connectivity index is 1.56. The molecular formula is C24H27N3O3S. The van der Waals surface area contributed by atoms with Crippen molar-refractivity contribution in [3.05, 3.63) is 59.2 Å². The Morgan fingerprint density at radius 1 is 1.06 bits per heavy atom. The molecule has 0 heterocycles. The van der Waals surface area contributed by atoms with Crippen LogP contribution in [0.1, 0.15) is 61.5 Å². The molecule has 3 aliphatic carbocycles. The smallest absolute Gasteiger partial charge is 0.261 e. The fourth-order valence-electron chi connectivity index (χ4n) is 4.63. The number of nitrogens with one attached hydrogen (secondary N) is 2. The number of nitrogens with zero attached hydrogens (tertiary/aromatic N) is 1. The van der Waals surface area contributed by atoms with Gasteiger partial charge in [-0.05, 0) is 67.0 Å². The summed E-state index contributed by atoms with van der Waals surface area (Å²) in [5.74, 6) is -0.327. The number of carbonyl (C=O) groups excluding carboxylic acids is 1. The molecule has 0 atom stereocenters. The van der Waals surface area contributed by atoms with Crippen LogP contribution >= 0.6 is 0 Å². The highest BCUT2D eigenvalue weighted by Crippen LogP contribution is 2.66. The minimum absolute atomic E-state index is 0.0802. The van der Waals surface area contributed by atoms with Crippen LogP contribution in [-0.2, 0) is 15.4 Å². The van der Waals surface area contributed by atoms with Crippen LogP contribution < -0.4 is 10.0 Å². The van der Waals surface area contributed by atoms with E-state index in [1.807, 2.05) is 19.1 Å². The molecule has 162 valence electrons. The van der Waals surface area contributed by atoms with Gasteiger partial charge in [0.1, 0.15) is 0 Å². The third-order valence-electron chi connectivity index (χ3n) is 6.34. The van der Waals surface area contributed by atoms with E-state index in [2.05, 4.69) is 36.9 Å². The second-order valence-corrected chi connectivity index (χ2v) is 11.8. The van der Waals surface area contributed by atoms with Crippen molar-refractivity contribution in [1.29, 1.82) is 5.26 Å². The van der Waals surface area contributed by atoms with Gasteiger partial charge in [-0.2, -0.15) is 5.26 Å². The van der Waals surface area contributed by atoms with Crippen molar-refractivity contribution in [3.63, 3.8) is 0 Å². The Morgan fingerprint density at radius 2 is 1.68 bits per heavy atom. The van der Waals surface area contributed by atoms with Gasteiger partial charge in [0.15, 0.2) is 0 Å². The predicted octanol–water partition coefficient (Wildman–Crippen LogP) is 4.27. The molecular weight excluding hydrogens is 410 g/mol. The number of carbonyl (C=O) groups is 1. The van der Waals surface area contributed by atoms with Gasteiger partial charge in [-0.3, -0.25) is 9.52 Å². The van der Waals surface area contributed by atoms with Gasteiger partial charge in [-0.1, -0.05) is 39.0 Å². The average molecular weight is 438 g/mol. The Kier molecular flexibility index (Phi) is 4.71. The summed E-state index contributed by atoms with van der Waals surface area (Å²) in [6.07, 6.45) is 1.99. The number of sulfonamides is 1. The van der Waals surface area contributed by atoms with Crippen molar-refractivity contribution < 1.29 is 13.2 Å². The normalized spacial score (nSPS) is 24.4. The molecule has 0 spiro atoms. The van der Waals surface area contributed by atoms with Crippen molar-refractivity contribution >= 4 is 21.6 Å². The fraction of sp³-hybridized carbons (Fsp3) is 0.417. The Bertz CT molecular complexity index is 1180. The average Bonchev–Trinajstić information content (AvgIpc) is 2.62. The number of hydrogen-bond donors (Lipinski definition) is 2. The van der Waals surface area contributed by atoms with Gasteiger partial charge in [0, 0.05) is 5.54 Å². The zero-order valence-corrected chi connectivity index (χ0v) is 19.1. The molecule has 3 aliphatic rings. The van der Waals surface area contributed by atoms with E-state index in [9.17, 15) is 18.5 Å². The quantitative estimate of drug-likeness (QED) is 0.730. The van der Waals surface area contributed by atoms with Crippen LogP contribution in [0.25, 0.3) is 0 Å². The van der Waals surface area contributed by atoms with Crippen molar-refractivity contribution in [1.82, 2.24) is 5.32 Å². The van der Waals surface area contributed by atoms with Crippen LogP contribution in [0.3, 0.4) is 0 Å². The monoisotopic (exact) mass is 437 g/mol. The molecule has 0 radical (unpaired) electrons. The molecule has 1 amide bonds. The van der Waals surface area contributed by atoms with Crippen molar-refractivity contribution in [2.45, 2.75) is 62.8 Å². The number of hydrogen-bond acceptors (Lipinski definition) is 4. The molecule has 0 aromatic heterocycles. The molecule has 31 heavy (non-hydrogen) atoms. The molecule has 5 rings (SSSR count). The van der Waals surface area contributed by atoms with Gasteiger partial charge >= 0.3 is 0 Å². The van der Waals surface area contributed by atoms with Gasteiger partial charge in [0.25, 0.3) is 15.9 Å². The molecule has 2 bridgehead atoms. The molecule has 3 fully saturated rings. The van der Waals surface area contributed by atoms with E-state index in [0.29, 0.717) is 19.3 Å². The first-order chi connectivity index (χ1) is 14.4. The van der Waals surface area contributed by atoms with Crippen molar-refractivity contribution in [3.8, 4) is 6.07 Å². The lowest BCUT2D eigenvalue weighted by atomic mass is 9.40. The van der Waals surface area contributed by atoms with Crippen molar-refractivity contribution in [2.75, 3.05) is 4.72 Å². The van der Waals surface area contributed by atoms with Gasteiger partial charge in [0.2, 0.25) is 0 Å². The summed E-state index contributed by atoms with van der Waals surface area (Å²) in [4.78, 5) is 13.1.